The zero-order valence-corrected chi connectivity index (χ0v) is 15.3. The number of piperazine rings is 1. The van der Waals surface area contributed by atoms with E-state index < -0.39 is 0 Å². The molecule has 5 nitrogen and oxygen atoms in total. The number of nitrogens with one attached hydrogen (secondary N) is 1. The highest BCUT2D eigenvalue weighted by Crippen LogP contribution is 2.24. The maximum Gasteiger partial charge on any atom is 0.221 e. The predicted molar refractivity (Wildman–Crippen MR) is 99.6 cm³/mol. The van der Waals surface area contributed by atoms with Crippen molar-refractivity contribution in [3.8, 4) is 11.3 Å². The molecule has 0 aliphatic carbocycles. The third-order valence-corrected chi connectivity index (χ3v) is 4.72. The Morgan fingerprint density at radius 3 is 2.76 bits per heavy atom. The molecule has 2 aromatic rings. The molecule has 1 N–H and O–H groups in total. The van der Waals surface area contributed by atoms with Gasteiger partial charge in [-0.3, -0.25) is 4.79 Å². The van der Waals surface area contributed by atoms with Gasteiger partial charge in [0.2, 0.25) is 5.91 Å². The van der Waals surface area contributed by atoms with Gasteiger partial charge in [0, 0.05) is 49.7 Å². The van der Waals surface area contributed by atoms with Crippen molar-refractivity contribution in [3.63, 3.8) is 0 Å². The number of nitrogens with zero attached hydrogens (tertiary/aromatic N) is 2. The summed E-state index contributed by atoms with van der Waals surface area (Å²) in [5.74, 6) is 1.55. The Labute approximate surface area is 153 Å². The van der Waals surface area contributed by atoms with Crippen LogP contribution in [0.5, 0.6) is 0 Å². The summed E-state index contributed by atoms with van der Waals surface area (Å²) in [5, 5.41) is 3.60. The summed E-state index contributed by atoms with van der Waals surface area (Å²) >= 11 is 6.01. The quantitative estimate of drug-likeness (QED) is 0.859. The average molecular weight is 362 g/mol. The molecule has 1 fully saturated rings. The lowest BCUT2D eigenvalue weighted by Crippen LogP contribution is -2.45. The first kappa shape index (κ1) is 18.0. The molecule has 6 heteroatoms. The van der Waals surface area contributed by atoms with E-state index in [1.54, 1.807) is 0 Å². The first-order valence-corrected chi connectivity index (χ1v) is 9.00. The second-order valence-electron chi connectivity index (χ2n) is 6.45. The molecular weight excluding hydrogens is 338 g/mol. The van der Waals surface area contributed by atoms with Crippen molar-refractivity contribution < 1.29 is 9.21 Å². The van der Waals surface area contributed by atoms with E-state index in [-0.39, 0.29) is 5.91 Å². The standard InChI is InChI=1S/C19H24ClN3O2/c1-22-9-11-23(12-10-22)8-7-19(24)21-14-17-5-6-18(25-17)15-3-2-4-16(20)13-15/h2-6,13H,7-12,14H2,1H3,(H,21,24). The van der Waals surface area contributed by atoms with Crippen LogP contribution in [0.1, 0.15) is 12.2 Å². The molecule has 0 radical (unpaired) electrons. The number of hydrogen-bond donors (Lipinski definition) is 1. The molecule has 0 spiro atoms. The molecule has 1 aliphatic heterocycles. The fraction of sp³-hybridized carbons (Fsp3) is 0.421. The van der Waals surface area contributed by atoms with Crippen LogP contribution in [0, 0.1) is 0 Å². The third kappa shape index (κ3) is 5.33. The summed E-state index contributed by atoms with van der Waals surface area (Å²) in [6.45, 7) is 5.42. The Hall–Kier alpha value is -1.82. The summed E-state index contributed by atoms with van der Waals surface area (Å²) in [7, 11) is 2.13. The minimum atomic E-state index is 0.0552. The van der Waals surface area contributed by atoms with E-state index >= 15 is 0 Å². The summed E-state index contributed by atoms with van der Waals surface area (Å²) in [6.07, 6.45) is 0.519. The number of halogens is 1. The van der Waals surface area contributed by atoms with Crippen molar-refractivity contribution >= 4 is 17.5 Å². The Bertz CT molecular complexity index is 708. The normalized spacial score (nSPS) is 16.1. The summed E-state index contributed by atoms with van der Waals surface area (Å²) in [6, 6.07) is 11.3. The Kier molecular flexibility index (Phi) is 6.13. The van der Waals surface area contributed by atoms with Gasteiger partial charge in [0.25, 0.3) is 0 Å². The number of furan rings is 1. The van der Waals surface area contributed by atoms with Crippen molar-refractivity contribution in [2.24, 2.45) is 0 Å². The first-order valence-electron chi connectivity index (χ1n) is 8.62. The molecule has 1 saturated heterocycles. The van der Waals surface area contributed by atoms with Crippen LogP contribution in [0.4, 0.5) is 0 Å². The molecule has 25 heavy (non-hydrogen) atoms. The molecule has 0 unspecified atom stereocenters. The lowest BCUT2D eigenvalue weighted by molar-refractivity contribution is -0.121. The maximum absolute atomic E-state index is 12.0. The summed E-state index contributed by atoms with van der Waals surface area (Å²) < 4.78 is 5.79. The van der Waals surface area contributed by atoms with Gasteiger partial charge >= 0.3 is 0 Å². The number of hydrogen-bond acceptors (Lipinski definition) is 4. The van der Waals surface area contributed by atoms with Gasteiger partial charge in [-0.1, -0.05) is 23.7 Å². The van der Waals surface area contributed by atoms with Gasteiger partial charge in [0.1, 0.15) is 11.5 Å². The predicted octanol–water partition coefficient (Wildman–Crippen LogP) is 2.85. The molecule has 2 heterocycles. The Balaban J connectivity index is 1.43. The minimum absolute atomic E-state index is 0.0552. The van der Waals surface area contributed by atoms with Gasteiger partial charge in [-0.25, -0.2) is 0 Å². The average Bonchev–Trinajstić information content (AvgIpc) is 3.08. The number of carbonyl (C=O) groups excluding carboxylic acids is 1. The molecule has 134 valence electrons. The second-order valence-corrected chi connectivity index (χ2v) is 6.88. The van der Waals surface area contributed by atoms with Crippen LogP contribution in [0.3, 0.4) is 0 Å². The van der Waals surface area contributed by atoms with E-state index in [4.69, 9.17) is 16.0 Å². The highest BCUT2D eigenvalue weighted by molar-refractivity contribution is 6.30. The lowest BCUT2D eigenvalue weighted by Gasteiger charge is -2.32. The zero-order valence-electron chi connectivity index (χ0n) is 14.5. The van der Waals surface area contributed by atoms with Crippen molar-refractivity contribution in [2.75, 3.05) is 39.8 Å². The second kappa shape index (κ2) is 8.52. The van der Waals surface area contributed by atoms with Crippen LogP contribution < -0.4 is 5.32 Å². The highest BCUT2D eigenvalue weighted by Gasteiger charge is 2.14. The largest absolute Gasteiger partial charge is 0.459 e. The van der Waals surface area contributed by atoms with Gasteiger partial charge in [0.05, 0.1) is 6.54 Å². The molecule has 0 atom stereocenters. The maximum atomic E-state index is 12.0. The van der Waals surface area contributed by atoms with E-state index in [0.717, 1.165) is 49.8 Å². The monoisotopic (exact) mass is 361 g/mol. The van der Waals surface area contributed by atoms with E-state index in [1.165, 1.54) is 0 Å². The smallest absolute Gasteiger partial charge is 0.221 e. The van der Waals surface area contributed by atoms with E-state index in [1.807, 2.05) is 36.4 Å². The van der Waals surface area contributed by atoms with E-state index in [2.05, 4.69) is 22.2 Å². The van der Waals surface area contributed by atoms with E-state index in [9.17, 15) is 4.79 Å². The number of likely N-dealkylation sites (N-methyl/N-ethyl adjacent to an activating group) is 1. The van der Waals surface area contributed by atoms with Crippen molar-refractivity contribution in [3.05, 3.63) is 47.2 Å². The van der Waals surface area contributed by atoms with Crippen LogP contribution in [-0.4, -0.2) is 55.5 Å². The number of rotatable bonds is 6. The summed E-state index contributed by atoms with van der Waals surface area (Å²) in [5.41, 5.74) is 0.931. The first-order chi connectivity index (χ1) is 12.1. The SMILES string of the molecule is CN1CCN(CCC(=O)NCc2ccc(-c3cccc(Cl)c3)o2)CC1. The Morgan fingerprint density at radius 1 is 1.20 bits per heavy atom. The van der Waals surface area contributed by atoms with Crippen LogP contribution in [0.2, 0.25) is 5.02 Å². The molecular formula is C19H24ClN3O2. The van der Waals surface area contributed by atoms with Gasteiger partial charge in [-0.15, -0.1) is 0 Å². The fourth-order valence-electron chi connectivity index (χ4n) is 2.88. The topological polar surface area (TPSA) is 48.7 Å². The van der Waals surface area contributed by atoms with Crippen LogP contribution in [0.15, 0.2) is 40.8 Å². The molecule has 0 bridgehead atoms. The lowest BCUT2D eigenvalue weighted by atomic mass is 10.2. The van der Waals surface area contributed by atoms with Crippen LogP contribution in [0.25, 0.3) is 11.3 Å². The van der Waals surface area contributed by atoms with Crippen LogP contribution >= 0.6 is 11.6 Å². The molecule has 1 aliphatic rings. The number of benzene rings is 1. The Morgan fingerprint density at radius 2 is 2.00 bits per heavy atom. The van der Waals surface area contributed by atoms with E-state index in [0.29, 0.717) is 18.0 Å². The molecule has 1 aromatic heterocycles. The van der Waals surface area contributed by atoms with Gasteiger partial charge in [-0.05, 0) is 31.3 Å². The van der Waals surface area contributed by atoms with Crippen molar-refractivity contribution in [1.29, 1.82) is 0 Å². The molecule has 1 aromatic carbocycles. The highest BCUT2D eigenvalue weighted by atomic mass is 35.5. The van der Waals surface area contributed by atoms with Gasteiger partial charge in [-0.2, -0.15) is 0 Å². The zero-order chi connectivity index (χ0) is 17.6. The van der Waals surface area contributed by atoms with Crippen molar-refractivity contribution in [2.45, 2.75) is 13.0 Å². The minimum Gasteiger partial charge on any atom is -0.459 e. The van der Waals surface area contributed by atoms with Crippen molar-refractivity contribution in [1.82, 2.24) is 15.1 Å². The third-order valence-electron chi connectivity index (χ3n) is 4.48. The molecule has 3 rings (SSSR count). The number of amides is 1. The molecule has 1 amide bonds. The number of carbonyl (C=O) groups is 1. The fourth-order valence-corrected chi connectivity index (χ4v) is 3.07. The van der Waals surface area contributed by atoms with Crippen LogP contribution in [-0.2, 0) is 11.3 Å². The van der Waals surface area contributed by atoms with Gasteiger partial charge in [0.15, 0.2) is 0 Å². The molecule has 0 saturated carbocycles. The van der Waals surface area contributed by atoms with Gasteiger partial charge < -0.3 is 19.5 Å². The summed E-state index contributed by atoms with van der Waals surface area (Å²) in [4.78, 5) is 16.7.